The van der Waals surface area contributed by atoms with Crippen LogP contribution >= 0.6 is 11.3 Å². The molecule has 0 saturated heterocycles. The first-order chi connectivity index (χ1) is 21.3. The van der Waals surface area contributed by atoms with Gasteiger partial charge in [0.15, 0.2) is 5.58 Å². The summed E-state index contributed by atoms with van der Waals surface area (Å²) in [6.07, 6.45) is 0. The molecular formula is C40H25NOS. The summed E-state index contributed by atoms with van der Waals surface area (Å²) in [4.78, 5) is 2.33. The van der Waals surface area contributed by atoms with Gasteiger partial charge in [0.05, 0.1) is 5.69 Å². The Hall–Kier alpha value is -5.38. The number of para-hydroxylation sites is 2. The van der Waals surface area contributed by atoms with E-state index in [1.807, 2.05) is 23.5 Å². The van der Waals surface area contributed by atoms with Crippen molar-refractivity contribution in [3.63, 3.8) is 0 Å². The zero-order valence-corrected chi connectivity index (χ0v) is 24.0. The topological polar surface area (TPSA) is 16.4 Å². The first kappa shape index (κ1) is 24.2. The molecule has 0 aliphatic rings. The molecule has 2 heterocycles. The van der Waals surface area contributed by atoms with Crippen LogP contribution in [0.15, 0.2) is 156 Å². The molecule has 2 nitrogen and oxygen atoms in total. The highest BCUT2D eigenvalue weighted by molar-refractivity contribution is 7.25. The average molecular weight is 568 g/mol. The number of fused-ring (bicyclic) bond motifs is 7. The molecule has 0 unspecified atom stereocenters. The van der Waals surface area contributed by atoms with Gasteiger partial charge in [-0.2, -0.15) is 0 Å². The number of thiophene rings is 1. The molecule has 3 heteroatoms. The molecule has 0 amide bonds. The molecule has 2 aromatic heterocycles. The van der Waals surface area contributed by atoms with E-state index in [1.165, 1.54) is 42.1 Å². The lowest BCUT2D eigenvalue weighted by Gasteiger charge is -2.26. The molecule has 0 aliphatic carbocycles. The second kappa shape index (κ2) is 9.59. The van der Waals surface area contributed by atoms with E-state index in [-0.39, 0.29) is 0 Å². The molecule has 0 spiro atoms. The van der Waals surface area contributed by atoms with Gasteiger partial charge in [-0.1, -0.05) is 103 Å². The maximum absolute atomic E-state index is 6.54. The lowest BCUT2D eigenvalue weighted by molar-refractivity contribution is 0.669. The van der Waals surface area contributed by atoms with Crippen LogP contribution in [0.5, 0.6) is 0 Å². The first-order valence-electron chi connectivity index (χ1n) is 14.5. The largest absolute Gasteiger partial charge is 0.454 e. The summed E-state index contributed by atoms with van der Waals surface area (Å²) < 4.78 is 9.12. The van der Waals surface area contributed by atoms with E-state index >= 15 is 0 Å². The van der Waals surface area contributed by atoms with E-state index in [2.05, 4.69) is 144 Å². The van der Waals surface area contributed by atoms with Gasteiger partial charge in [-0.15, -0.1) is 11.3 Å². The van der Waals surface area contributed by atoms with E-state index in [9.17, 15) is 0 Å². The van der Waals surface area contributed by atoms with Gasteiger partial charge in [0.2, 0.25) is 0 Å². The highest BCUT2D eigenvalue weighted by Crippen LogP contribution is 2.44. The molecular weight excluding hydrogens is 543 g/mol. The van der Waals surface area contributed by atoms with Crippen molar-refractivity contribution < 1.29 is 4.42 Å². The van der Waals surface area contributed by atoms with Crippen molar-refractivity contribution in [1.29, 1.82) is 0 Å². The molecule has 9 aromatic rings. The van der Waals surface area contributed by atoms with Crippen LogP contribution in [-0.2, 0) is 0 Å². The fourth-order valence-corrected chi connectivity index (χ4v) is 7.50. The Morgan fingerprint density at radius 2 is 1.14 bits per heavy atom. The standard InChI is InChI=1S/C40H25NOS/c1-2-9-28-24-29(17-16-26(28)8-1)27-18-20-30(21-19-27)41(31-22-23-34-33-11-4-6-15-38(33)43-39(34)25-31)36-13-7-12-35-32-10-3-5-14-37(32)42-40(35)36/h1-25H. The van der Waals surface area contributed by atoms with Crippen molar-refractivity contribution in [1.82, 2.24) is 0 Å². The Kier molecular flexibility index (Phi) is 5.40. The number of benzene rings is 7. The van der Waals surface area contributed by atoms with E-state index in [0.717, 1.165) is 39.0 Å². The third-order valence-electron chi connectivity index (χ3n) is 8.45. The number of nitrogens with zero attached hydrogens (tertiary/aromatic N) is 1. The van der Waals surface area contributed by atoms with Gasteiger partial charge < -0.3 is 9.32 Å². The molecule has 43 heavy (non-hydrogen) atoms. The number of hydrogen-bond acceptors (Lipinski definition) is 3. The van der Waals surface area contributed by atoms with Gasteiger partial charge in [0, 0.05) is 42.3 Å². The van der Waals surface area contributed by atoms with E-state index < -0.39 is 0 Å². The van der Waals surface area contributed by atoms with E-state index in [4.69, 9.17) is 4.42 Å². The molecule has 202 valence electrons. The van der Waals surface area contributed by atoms with Crippen molar-refractivity contribution in [2.75, 3.05) is 4.90 Å². The van der Waals surface area contributed by atoms with Gasteiger partial charge in [-0.05, 0) is 70.4 Å². The van der Waals surface area contributed by atoms with Crippen molar-refractivity contribution in [3.05, 3.63) is 152 Å². The quantitative estimate of drug-likeness (QED) is 0.210. The predicted octanol–water partition coefficient (Wildman–Crippen LogP) is 12.2. The Morgan fingerprint density at radius 1 is 0.442 bits per heavy atom. The van der Waals surface area contributed by atoms with E-state index in [1.54, 1.807) is 0 Å². The van der Waals surface area contributed by atoms with Crippen LogP contribution in [0.25, 0.3) is 64.0 Å². The van der Waals surface area contributed by atoms with Crippen LogP contribution in [0.3, 0.4) is 0 Å². The normalized spacial score (nSPS) is 11.7. The SMILES string of the molecule is c1ccc2cc(-c3ccc(N(c4ccc5c(c4)sc4ccccc45)c4cccc5c4oc4ccccc45)cc3)ccc2c1. The van der Waals surface area contributed by atoms with Gasteiger partial charge in [-0.25, -0.2) is 0 Å². The van der Waals surface area contributed by atoms with Crippen molar-refractivity contribution >= 4 is 81.3 Å². The van der Waals surface area contributed by atoms with Crippen molar-refractivity contribution in [2.24, 2.45) is 0 Å². The minimum absolute atomic E-state index is 0.888. The van der Waals surface area contributed by atoms with Crippen molar-refractivity contribution in [2.45, 2.75) is 0 Å². The highest BCUT2D eigenvalue weighted by Gasteiger charge is 2.20. The van der Waals surface area contributed by atoms with Crippen LogP contribution in [0.2, 0.25) is 0 Å². The third-order valence-corrected chi connectivity index (χ3v) is 9.59. The Bertz CT molecular complexity index is 2470. The highest BCUT2D eigenvalue weighted by atomic mass is 32.1. The van der Waals surface area contributed by atoms with Crippen LogP contribution in [-0.4, -0.2) is 0 Å². The lowest BCUT2D eigenvalue weighted by atomic mass is 10.0. The maximum Gasteiger partial charge on any atom is 0.159 e. The molecule has 0 bridgehead atoms. The minimum Gasteiger partial charge on any atom is -0.454 e. The summed E-state index contributed by atoms with van der Waals surface area (Å²) in [5.41, 5.74) is 7.39. The maximum atomic E-state index is 6.54. The van der Waals surface area contributed by atoms with Gasteiger partial charge in [0.25, 0.3) is 0 Å². The van der Waals surface area contributed by atoms with Crippen LogP contribution < -0.4 is 4.90 Å². The second-order valence-electron chi connectivity index (χ2n) is 11.0. The molecule has 0 atom stereocenters. The summed E-state index contributed by atoms with van der Waals surface area (Å²) in [7, 11) is 0. The molecule has 7 aromatic carbocycles. The fraction of sp³-hybridized carbons (Fsp3) is 0. The van der Waals surface area contributed by atoms with Gasteiger partial charge in [0.1, 0.15) is 5.58 Å². The smallest absolute Gasteiger partial charge is 0.159 e. The number of furan rings is 1. The third kappa shape index (κ3) is 3.93. The Labute approximate surface area is 252 Å². The molecule has 0 N–H and O–H groups in total. The number of hydrogen-bond donors (Lipinski definition) is 0. The fourth-order valence-electron chi connectivity index (χ4n) is 6.36. The summed E-state index contributed by atoms with van der Waals surface area (Å²) in [5, 5.41) is 7.35. The number of rotatable bonds is 4. The zero-order chi connectivity index (χ0) is 28.3. The summed E-state index contributed by atoms with van der Waals surface area (Å²) in [5.74, 6) is 0. The molecule has 0 radical (unpaired) electrons. The van der Waals surface area contributed by atoms with E-state index in [0.29, 0.717) is 0 Å². The molecule has 0 saturated carbocycles. The lowest BCUT2D eigenvalue weighted by Crippen LogP contribution is -2.10. The molecule has 9 rings (SSSR count). The Morgan fingerprint density at radius 3 is 2.05 bits per heavy atom. The van der Waals surface area contributed by atoms with Gasteiger partial charge >= 0.3 is 0 Å². The van der Waals surface area contributed by atoms with Crippen LogP contribution in [0.4, 0.5) is 17.1 Å². The average Bonchev–Trinajstić information content (AvgIpc) is 3.64. The summed E-state index contributed by atoms with van der Waals surface area (Å²) >= 11 is 1.84. The number of anilines is 3. The summed E-state index contributed by atoms with van der Waals surface area (Å²) in [6.45, 7) is 0. The van der Waals surface area contributed by atoms with Crippen LogP contribution in [0.1, 0.15) is 0 Å². The second-order valence-corrected chi connectivity index (χ2v) is 12.1. The molecule has 0 fully saturated rings. The zero-order valence-electron chi connectivity index (χ0n) is 23.2. The monoisotopic (exact) mass is 567 g/mol. The van der Waals surface area contributed by atoms with Crippen LogP contribution in [0, 0.1) is 0 Å². The molecule has 0 aliphatic heterocycles. The van der Waals surface area contributed by atoms with Gasteiger partial charge in [-0.3, -0.25) is 0 Å². The Balaban J connectivity index is 1.23. The van der Waals surface area contributed by atoms with Crippen molar-refractivity contribution in [3.8, 4) is 11.1 Å². The first-order valence-corrected chi connectivity index (χ1v) is 15.3. The predicted molar refractivity (Wildman–Crippen MR) is 184 cm³/mol. The minimum atomic E-state index is 0.888. The summed E-state index contributed by atoms with van der Waals surface area (Å²) in [6, 6.07) is 54.3.